The maximum Gasteiger partial charge on any atom is 0.257 e. The first-order valence-electron chi connectivity index (χ1n) is 13.2. The number of benzene rings is 2. The van der Waals surface area contributed by atoms with Crippen molar-refractivity contribution in [1.29, 1.82) is 0 Å². The van der Waals surface area contributed by atoms with Crippen molar-refractivity contribution in [2.75, 3.05) is 12.3 Å². The minimum Gasteiger partial charge on any atom is -0.431 e. The highest BCUT2D eigenvalue weighted by Crippen LogP contribution is 2.44. The smallest absolute Gasteiger partial charge is 0.257 e. The zero-order valence-corrected chi connectivity index (χ0v) is 20.9. The molecule has 7 rings (SSSR count). The Morgan fingerprint density at radius 1 is 1.03 bits per heavy atom. The van der Waals surface area contributed by atoms with Crippen LogP contribution in [-0.2, 0) is 17.8 Å². The van der Waals surface area contributed by atoms with Crippen LogP contribution in [0.15, 0.2) is 52.1 Å². The summed E-state index contributed by atoms with van der Waals surface area (Å²) in [5.74, 6) is 1.28. The Morgan fingerprint density at radius 3 is 2.80 bits per heavy atom. The third kappa shape index (κ3) is 3.68. The highest BCUT2D eigenvalue weighted by molar-refractivity contribution is 7.99. The molecule has 2 aromatic carbocycles. The van der Waals surface area contributed by atoms with Crippen LogP contribution in [0.1, 0.15) is 73.7 Å². The molecular weight excluding hydrogens is 454 g/mol. The maximum atomic E-state index is 13.4. The van der Waals surface area contributed by atoms with Crippen LogP contribution < -0.4 is 0 Å². The minimum absolute atomic E-state index is 0.189. The van der Waals surface area contributed by atoms with Gasteiger partial charge in [-0.1, -0.05) is 49.2 Å². The fraction of sp³-hybridized carbons (Fsp3) is 0.448. The summed E-state index contributed by atoms with van der Waals surface area (Å²) < 4.78 is 8.35. The van der Waals surface area contributed by atoms with Crippen LogP contribution in [0.4, 0.5) is 0 Å². The van der Waals surface area contributed by atoms with Gasteiger partial charge in [0.1, 0.15) is 5.52 Å². The van der Waals surface area contributed by atoms with Crippen molar-refractivity contribution in [3.05, 3.63) is 59.3 Å². The summed E-state index contributed by atoms with van der Waals surface area (Å²) in [5, 5.41) is 2.02. The van der Waals surface area contributed by atoms with Gasteiger partial charge < -0.3 is 13.9 Å². The number of thioether (sulfide) groups is 1. The van der Waals surface area contributed by atoms with E-state index in [-0.39, 0.29) is 11.9 Å². The van der Waals surface area contributed by atoms with E-state index >= 15 is 0 Å². The van der Waals surface area contributed by atoms with Crippen molar-refractivity contribution in [2.24, 2.45) is 0 Å². The molecule has 0 N–H and O–H groups in total. The summed E-state index contributed by atoms with van der Waals surface area (Å²) in [6.07, 6.45) is 10.1. The molecule has 1 aliphatic heterocycles. The monoisotopic (exact) mass is 485 g/mol. The first kappa shape index (κ1) is 21.5. The molecule has 0 spiro atoms. The number of nitrogens with zero attached hydrogens (tertiary/aromatic N) is 3. The molecule has 0 radical (unpaired) electrons. The fourth-order valence-electron chi connectivity index (χ4n) is 6.73. The molecule has 35 heavy (non-hydrogen) atoms. The predicted octanol–water partition coefficient (Wildman–Crippen LogP) is 6.84. The van der Waals surface area contributed by atoms with Gasteiger partial charge in [-0.05, 0) is 73.4 Å². The number of oxazole rings is 1. The zero-order valence-electron chi connectivity index (χ0n) is 20.0. The number of carbonyl (C=O) groups is 1. The molecule has 3 aliphatic rings. The molecule has 1 fully saturated rings. The molecule has 1 amide bonds. The van der Waals surface area contributed by atoms with Crippen LogP contribution in [0.5, 0.6) is 0 Å². The van der Waals surface area contributed by atoms with E-state index in [1.54, 1.807) is 0 Å². The van der Waals surface area contributed by atoms with Gasteiger partial charge in [-0.15, -0.1) is 0 Å². The Bertz CT molecular complexity index is 1380. The largest absolute Gasteiger partial charge is 0.431 e. The van der Waals surface area contributed by atoms with E-state index in [9.17, 15) is 4.79 Å². The number of rotatable bonds is 4. The fourth-order valence-corrected chi connectivity index (χ4v) is 7.45. The summed E-state index contributed by atoms with van der Waals surface area (Å²) >= 11 is 1.41. The quantitative estimate of drug-likeness (QED) is 0.297. The van der Waals surface area contributed by atoms with Crippen molar-refractivity contribution in [3.8, 4) is 0 Å². The van der Waals surface area contributed by atoms with Crippen LogP contribution in [0.2, 0.25) is 0 Å². The van der Waals surface area contributed by atoms with E-state index in [0.29, 0.717) is 11.0 Å². The summed E-state index contributed by atoms with van der Waals surface area (Å²) in [6, 6.07) is 15.2. The number of amides is 1. The number of fused-ring (bicyclic) bond motifs is 4. The van der Waals surface area contributed by atoms with Gasteiger partial charge in [-0.2, -0.15) is 0 Å². The van der Waals surface area contributed by atoms with Crippen LogP contribution in [-0.4, -0.2) is 32.7 Å². The van der Waals surface area contributed by atoms with E-state index in [1.807, 2.05) is 24.3 Å². The summed E-state index contributed by atoms with van der Waals surface area (Å²) in [7, 11) is 0. The molecule has 3 heterocycles. The third-order valence-corrected chi connectivity index (χ3v) is 9.20. The lowest BCUT2D eigenvalue weighted by Crippen LogP contribution is -2.44. The number of aryl methyl sites for hydroxylation is 1. The van der Waals surface area contributed by atoms with Gasteiger partial charge in [0, 0.05) is 29.7 Å². The molecule has 0 unspecified atom stereocenters. The second-order valence-corrected chi connectivity index (χ2v) is 11.3. The van der Waals surface area contributed by atoms with Crippen LogP contribution in [0, 0.1) is 0 Å². The minimum atomic E-state index is 0.189. The Balaban J connectivity index is 1.15. The summed E-state index contributed by atoms with van der Waals surface area (Å²) in [5.41, 5.74) is 7.41. The Kier molecular flexibility index (Phi) is 5.38. The molecule has 6 heteroatoms. The molecule has 2 aromatic heterocycles. The van der Waals surface area contributed by atoms with Crippen LogP contribution in [0.25, 0.3) is 22.0 Å². The lowest BCUT2D eigenvalue weighted by Gasteiger charge is -2.40. The number of carbonyl (C=O) groups excluding carboxylic acids is 1. The van der Waals surface area contributed by atoms with Crippen LogP contribution in [0.3, 0.4) is 0 Å². The number of hydrogen-bond donors (Lipinski definition) is 0. The molecule has 0 saturated heterocycles. The Hall–Kier alpha value is -2.73. The number of aromatic nitrogens is 2. The van der Waals surface area contributed by atoms with Crippen LogP contribution >= 0.6 is 11.8 Å². The normalized spacial score (nSPS) is 20.5. The average molecular weight is 486 g/mol. The van der Waals surface area contributed by atoms with Crippen molar-refractivity contribution >= 4 is 39.7 Å². The van der Waals surface area contributed by atoms with Gasteiger partial charge >= 0.3 is 0 Å². The zero-order chi connectivity index (χ0) is 23.4. The second kappa shape index (κ2) is 8.74. The van der Waals surface area contributed by atoms with Gasteiger partial charge in [0.25, 0.3) is 5.22 Å². The summed E-state index contributed by atoms with van der Waals surface area (Å²) in [6.45, 7) is 1.66. The van der Waals surface area contributed by atoms with Crippen molar-refractivity contribution in [1.82, 2.24) is 14.5 Å². The standard InChI is InChI=1S/C29H31N3O2S/c33-27(18-35-29-30-23-10-4-5-12-26(23)34-29)31-15-16-32-24-14-13-20(19-7-2-1-3-8-19)17-22(24)21-9-6-11-25(31)28(21)32/h4-5,10,12-14,17,19,25H,1-3,6-9,11,15-16,18H2/t25-/m1/s1. The van der Waals surface area contributed by atoms with Crippen molar-refractivity contribution < 1.29 is 9.21 Å². The lowest BCUT2D eigenvalue weighted by molar-refractivity contribution is -0.132. The molecular formula is C29H31N3O2S. The first-order valence-corrected chi connectivity index (χ1v) is 14.2. The molecule has 0 bridgehead atoms. The summed E-state index contributed by atoms with van der Waals surface area (Å²) in [4.78, 5) is 20.1. The van der Waals surface area contributed by atoms with E-state index < -0.39 is 0 Å². The SMILES string of the molecule is O=C(CSc1nc2ccccc2o1)N1CCn2c3c(c4cc(C5CCCCC5)ccc42)CCC[C@H]31. The average Bonchev–Trinajstić information content (AvgIpc) is 3.48. The van der Waals surface area contributed by atoms with E-state index in [4.69, 9.17) is 4.42 Å². The molecule has 2 aliphatic carbocycles. The Morgan fingerprint density at radius 2 is 1.91 bits per heavy atom. The molecule has 180 valence electrons. The number of para-hydroxylation sites is 2. The van der Waals surface area contributed by atoms with Gasteiger partial charge in [-0.25, -0.2) is 4.98 Å². The van der Waals surface area contributed by atoms with Gasteiger partial charge in [0.15, 0.2) is 5.58 Å². The highest BCUT2D eigenvalue weighted by Gasteiger charge is 2.37. The van der Waals surface area contributed by atoms with Gasteiger partial charge in [0.05, 0.1) is 11.8 Å². The molecule has 1 saturated carbocycles. The molecule has 4 aromatic rings. The van der Waals surface area contributed by atoms with E-state index in [0.717, 1.165) is 49.4 Å². The maximum absolute atomic E-state index is 13.4. The topological polar surface area (TPSA) is 51.3 Å². The highest BCUT2D eigenvalue weighted by atomic mass is 32.2. The Labute approximate surface area is 209 Å². The van der Waals surface area contributed by atoms with E-state index in [2.05, 4.69) is 32.7 Å². The second-order valence-electron chi connectivity index (χ2n) is 10.4. The van der Waals surface area contributed by atoms with Gasteiger partial charge in [-0.3, -0.25) is 4.79 Å². The van der Waals surface area contributed by atoms with Crippen molar-refractivity contribution in [3.63, 3.8) is 0 Å². The predicted molar refractivity (Wildman–Crippen MR) is 140 cm³/mol. The molecule has 5 nitrogen and oxygen atoms in total. The van der Waals surface area contributed by atoms with E-state index in [1.165, 1.54) is 71.6 Å². The first-order chi connectivity index (χ1) is 17.3. The third-order valence-electron chi connectivity index (χ3n) is 8.39. The lowest BCUT2D eigenvalue weighted by atomic mass is 9.83. The molecule has 1 atom stereocenters. The number of hydrogen-bond acceptors (Lipinski definition) is 4. The van der Waals surface area contributed by atoms with Gasteiger partial charge in [0.2, 0.25) is 5.91 Å². The van der Waals surface area contributed by atoms with Crippen molar-refractivity contribution in [2.45, 2.75) is 75.1 Å².